The minimum Gasteiger partial charge on any atom is -0.338 e. The van der Waals surface area contributed by atoms with Gasteiger partial charge in [0, 0.05) is 29.8 Å². The van der Waals surface area contributed by atoms with E-state index in [2.05, 4.69) is 10.6 Å². The Kier molecular flexibility index (Phi) is 6.52. The van der Waals surface area contributed by atoms with Crippen LogP contribution in [0.3, 0.4) is 0 Å². The van der Waals surface area contributed by atoms with E-state index in [1.165, 1.54) is 32.9 Å². The summed E-state index contributed by atoms with van der Waals surface area (Å²) in [5, 5.41) is 5.92. The summed E-state index contributed by atoms with van der Waals surface area (Å²) < 4.78 is 18.7. The molecule has 1 amide bonds. The van der Waals surface area contributed by atoms with Crippen LogP contribution in [0.15, 0.2) is 56.8 Å². The van der Waals surface area contributed by atoms with Gasteiger partial charge >= 0.3 is 5.69 Å². The first-order valence-electron chi connectivity index (χ1n) is 13.2. The first-order chi connectivity index (χ1) is 18.8. The Morgan fingerprint density at radius 3 is 2.33 bits per heavy atom. The van der Waals surface area contributed by atoms with Crippen molar-refractivity contribution in [3.63, 3.8) is 0 Å². The van der Waals surface area contributed by atoms with E-state index in [1.807, 2.05) is 0 Å². The van der Waals surface area contributed by atoms with E-state index in [9.17, 15) is 23.6 Å². The Hall–Kier alpha value is -4.47. The zero-order valence-corrected chi connectivity index (χ0v) is 23.4. The fourth-order valence-corrected chi connectivity index (χ4v) is 4.75. The fraction of sp³-hybridized carbons (Fsp3) is 0.333. The lowest BCUT2D eigenvalue weighted by Crippen LogP contribution is -2.41. The van der Waals surface area contributed by atoms with Gasteiger partial charge in [0.25, 0.3) is 11.1 Å². The molecular formula is C30H32FN5O4. The third kappa shape index (κ3) is 4.63. The van der Waals surface area contributed by atoms with Crippen LogP contribution in [0.5, 0.6) is 0 Å². The summed E-state index contributed by atoms with van der Waals surface area (Å²) in [7, 11) is 1.50. The van der Waals surface area contributed by atoms with Crippen LogP contribution < -0.4 is 27.4 Å². The summed E-state index contributed by atoms with van der Waals surface area (Å²) in [6.07, 6.45) is 1.34. The molecule has 10 heteroatoms. The third-order valence-corrected chi connectivity index (χ3v) is 7.18. The molecule has 0 aliphatic heterocycles. The molecule has 2 heterocycles. The summed E-state index contributed by atoms with van der Waals surface area (Å²) >= 11 is 0. The molecule has 1 saturated carbocycles. The number of hydrogen-bond donors (Lipinski definition) is 2. The Morgan fingerprint density at radius 1 is 1.00 bits per heavy atom. The van der Waals surface area contributed by atoms with Gasteiger partial charge in [-0.2, -0.15) is 0 Å². The Labute approximate surface area is 229 Å². The highest BCUT2D eigenvalue weighted by molar-refractivity contribution is 5.96. The number of anilines is 3. The number of hydrogen-bond acceptors (Lipinski definition) is 5. The Morgan fingerprint density at radius 2 is 1.70 bits per heavy atom. The predicted molar refractivity (Wildman–Crippen MR) is 155 cm³/mol. The van der Waals surface area contributed by atoms with Gasteiger partial charge < -0.3 is 10.6 Å². The summed E-state index contributed by atoms with van der Waals surface area (Å²) in [4.78, 5) is 54.0. The van der Waals surface area contributed by atoms with Crippen LogP contribution in [-0.4, -0.2) is 19.6 Å². The molecule has 0 radical (unpaired) electrons. The number of nitrogens with zero attached hydrogens (tertiary/aromatic N) is 3. The maximum absolute atomic E-state index is 14.9. The molecular weight excluding hydrogens is 513 g/mol. The van der Waals surface area contributed by atoms with Crippen molar-refractivity contribution in [3.05, 3.63) is 90.6 Å². The van der Waals surface area contributed by atoms with Gasteiger partial charge in [-0.3, -0.25) is 28.1 Å². The number of carbonyl (C=O) groups is 1. The van der Waals surface area contributed by atoms with Crippen LogP contribution in [0.25, 0.3) is 16.6 Å². The first kappa shape index (κ1) is 27.1. The van der Waals surface area contributed by atoms with Crippen molar-refractivity contribution >= 4 is 34.0 Å². The summed E-state index contributed by atoms with van der Waals surface area (Å²) in [5.74, 6) is -0.667. The summed E-state index contributed by atoms with van der Waals surface area (Å²) in [5.41, 5.74) is -0.264. The standard InChI is InChI=1S/C30H32FN5O4/c1-16-10-13-22(21(31)14-16)33-25-23-24(17(2)26(37)34(25)6)35(29(40)36(27(23)38)19-11-12-19)20-9-7-8-18(15-20)32-28(39)30(3,4)5/h7-10,13-15,19,33H,11-12H2,1-6H3,(H,32,39). The van der Waals surface area contributed by atoms with Crippen LogP contribution in [0.4, 0.5) is 21.6 Å². The lowest BCUT2D eigenvalue weighted by Gasteiger charge is -2.21. The van der Waals surface area contributed by atoms with Crippen molar-refractivity contribution in [3.8, 4) is 5.69 Å². The second-order valence-corrected chi connectivity index (χ2v) is 11.4. The lowest BCUT2D eigenvalue weighted by molar-refractivity contribution is -0.123. The van der Waals surface area contributed by atoms with Crippen LogP contribution in [0.1, 0.15) is 50.8 Å². The zero-order valence-electron chi connectivity index (χ0n) is 23.4. The molecule has 1 aliphatic rings. The molecule has 2 aromatic carbocycles. The minimum atomic E-state index is -0.645. The first-order valence-corrected chi connectivity index (χ1v) is 13.2. The van der Waals surface area contributed by atoms with Crippen molar-refractivity contribution in [2.24, 2.45) is 12.5 Å². The lowest BCUT2D eigenvalue weighted by atomic mass is 9.95. The second kappa shape index (κ2) is 9.62. The number of aromatic nitrogens is 3. The van der Waals surface area contributed by atoms with Crippen molar-refractivity contribution in [1.82, 2.24) is 13.7 Å². The van der Waals surface area contributed by atoms with E-state index in [-0.39, 0.29) is 39.9 Å². The molecule has 0 bridgehead atoms. The molecule has 0 unspecified atom stereocenters. The van der Waals surface area contributed by atoms with E-state index < -0.39 is 28.0 Å². The zero-order chi connectivity index (χ0) is 29.1. The number of benzene rings is 2. The number of rotatable bonds is 5. The molecule has 1 aliphatic carbocycles. The van der Waals surface area contributed by atoms with Gasteiger partial charge in [-0.25, -0.2) is 9.18 Å². The molecule has 0 atom stereocenters. The average molecular weight is 546 g/mol. The normalized spacial score (nSPS) is 13.5. The van der Waals surface area contributed by atoms with Gasteiger partial charge in [0.1, 0.15) is 17.0 Å². The maximum atomic E-state index is 14.9. The van der Waals surface area contributed by atoms with Crippen molar-refractivity contribution < 1.29 is 9.18 Å². The van der Waals surface area contributed by atoms with Gasteiger partial charge in [0.05, 0.1) is 16.9 Å². The van der Waals surface area contributed by atoms with Crippen molar-refractivity contribution in [2.45, 2.75) is 53.5 Å². The molecule has 2 N–H and O–H groups in total. The molecule has 2 aromatic heterocycles. The maximum Gasteiger partial charge on any atom is 0.336 e. The van der Waals surface area contributed by atoms with Gasteiger partial charge in [0.15, 0.2) is 0 Å². The number of halogens is 1. The Bertz CT molecular complexity index is 1870. The number of amides is 1. The molecule has 0 saturated heterocycles. The topological polar surface area (TPSA) is 107 Å². The highest BCUT2D eigenvalue weighted by Crippen LogP contribution is 2.34. The molecule has 4 aromatic rings. The quantitative estimate of drug-likeness (QED) is 0.379. The number of fused-ring (bicyclic) bond motifs is 1. The summed E-state index contributed by atoms with van der Waals surface area (Å²) in [6.45, 7) is 8.69. The van der Waals surface area contributed by atoms with E-state index in [1.54, 1.807) is 65.0 Å². The van der Waals surface area contributed by atoms with E-state index in [0.29, 0.717) is 29.8 Å². The number of nitrogens with one attached hydrogen (secondary N) is 2. The van der Waals surface area contributed by atoms with Gasteiger partial charge in [-0.05, 0) is 62.6 Å². The summed E-state index contributed by atoms with van der Waals surface area (Å²) in [6, 6.07) is 11.0. The number of pyridine rings is 1. The third-order valence-electron chi connectivity index (χ3n) is 7.18. The highest BCUT2D eigenvalue weighted by atomic mass is 19.1. The SMILES string of the molecule is Cc1ccc(Nc2c3c(=O)n(C4CC4)c(=O)n(-c4cccc(NC(=O)C(C)(C)C)c4)c3c(C)c(=O)n2C)c(F)c1. The smallest absolute Gasteiger partial charge is 0.336 e. The fourth-order valence-electron chi connectivity index (χ4n) is 4.75. The Balaban J connectivity index is 1.84. The second-order valence-electron chi connectivity index (χ2n) is 11.4. The van der Waals surface area contributed by atoms with E-state index in [0.717, 1.165) is 0 Å². The largest absolute Gasteiger partial charge is 0.338 e. The minimum absolute atomic E-state index is 0.0821. The van der Waals surface area contributed by atoms with E-state index >= 15 is 0 Å². The molecule has 1 fully saturated rings. The number of aryl methyl sites for hydroxylation is 2. The molecule has 208 valence electrons. The van der Waals surface area contributed by atoms with Crippen LogP contribution in [0, 0.1) is 25.1 Å². The molecule has 0 spiro atoms. The van der Waals surface area contributed by atoms with Gasteiger partial charge in [-0.1, -0.05) is 32.9 Å². The van der Waals surface area contributed by atoms with Gasteiger partial charge in [0.2, 0.25) is 5.91 Å². The molecule has 40 heavy (non-hydrogen) atoms. The van der Waals surface area contributed by atoms with Crippen LogP contribution in [0.2, 0.25) is 0 Å². The van der Waals surface area contributed by atoms with Crippen LogP contribution >= 0.6 is 0 Å². The molecule has 5 rings (SSSR count). The monoisotopic (exact) mass is 545 g/mol. The van der Waals surface area contributed by atoms with Crippen LogP contribution in [-0.2, 0) is 11.8 Å². The van der Waals surface area contributed by atoms with Crippen molar-refractivity contribution in [1.29, 1.82) is 0 Å². The molecule has 9 nitrogen and oxygen atoms in total. The predicted octanol–water partition coefficient (Wildman–Crippen LogP) is 4.67. The highest BCUT2D eigenvalue weighted by Gasteiger charge is 2.32. The average Bonchev–Trinajstić information content (AvgIpc) is 3.71. The van der Waals surface area contributed by atoms with Crippen molar-refractivity contribution in [2.75, 3.05) is 10.6 Å². The van der Waals surface area contributed by atoms with Gasteiger partial charge in [-0.15, -0.1) is 0 Å². The number of carbonyl (C=O) groups excluding carboxylic acids is 1. The van der Waals surface area contributed by atoms with E-state index in [4.69, 9.17) is 0 Å².